The highest BCUT2D eigenvalue weighted by Crippen LogP contribution is 2.39. The summed E-state index contributed by atoms with van der Waals surface area (Å²) in [5.74, 6) is 2.32. The molecule has 3 aromatic rings. The minimum absolute atomic E-state index is 0.303. The van der Waals surface area contributed by atoms with Gasteiger partial charge in [0.05, 0.1) is 0 Å². The number of thioether (sulfide) groups is 1. The van der Waals surface area contributed by atoms with Crippen molar-refractivity contribution in [2.24, 2.45) is 7.05 Å². The molecule has 1 fully saturated rings. The van der Waals surface area contributed by atoms with Crippen LogP contribution in [-0.4, -0.2) is 14.8 Å². The predicted molar refractivity (Wildman–Crippen MR) is 94.4 cm³/mol. The number of aromatic nitrogens is 3. The normalized spacial score (nSPS) is 14.4. The summed E-state index contributed by atoms with van der Waals surface area (Å²) >= 11 is 1.61. The van der Waals surface area contributed by atoms with Crippen molar-refractivity contribution in [2.75, 3.05) is 0 Å². The molecule has 0 N–H and O–H groups in total. The van der Waals surface area contributed by atoms with E-state index in [0.29, 0.717) is 17.3 Å². The first-order valence-corrected chi connectivity index (χ1v) is 9.22. The number of rotatable bonds is 5. The average molecular weight is 341 g/mol. The lowest BCUT2D eigenvalue weighted by Crippen LogP contribution is -2.01. The van der Waals surface area contributed by atoms with Crippen LogP contribution in [0.4, 0.5) is 0 Å². The molecule has 124 valence electrons. The molecular formula is C18H19N3O2S. The highest BCUT2D eigenvalue weighted by Gasteiger charge is 2.29. The van der Waals surface area contributed by atoms with Crippen LogP contribution in [0, 0.1) is 0 Å². The van der Waals surface area contributed by atoms with Crippen LogP contribution in [-0.2, 0) is 19.2 Å². The zero-order valence-corrected chi connectivity index (χ0v) is 14.6. The van der Waals surface area contributed by atoms with Crippen LogP contribution in [0.3, 0.4) is 0 Å². The van der Waals surface area contributed by atoms with Crippen LogP contribution >= 0.6 is 11.8 Å². The Morgan fingerprint density at radius 2 is 2.12 bits per heavy atom. The second kappa shape index (κ2) is 6.09. The SMILES string of the molecule is CCc1ccc2c(CSc3nnc(C4CC4)n3C)cc(=O)oc2c1. The highest BCUT2D eigenvalue weighted by atomic mass is 32.2. The average Bonchev–Trinajstić information content (AvgIpc) is 3.35. The molecule has 5 nitrogen and oxygen atoms in total. The highest BCUT2D eigenvalue weighted by molar-refractivity contribution is 7.98. The zero-order chi connectivity index (χ0) is 16.7. The Bertz CT molecular complexity index is 957. The fraction of sp³-hybridized carbons (Fsp3) is 0.389. The first-order valence-electron chi connectivity index (χ1n) is 8.23. The topological polar surface area (TPSA) is 60.9 Å². The Kier molecular flexibility index (Phi) is 3.92. The van der Waals surface area contributed by atoms with Crippen molar-refractivity contribution >= 4 is 22.7 Å². The van der Waals surface area contributed by atoms with Crippen molar-refractivity contribution in [1.29, 1.82) is 0 Å². The van der Waals surface area contributed by atoms with Gasteiger partial charge in [-0.1, -0.05) is 30.8 Å². The van der Waals surface area contributed by atoms with Gasteiger partial charge in [-0.25, -0.2) is 4.79 Å². The Morgan fingerprint density at radius 1 is 1.29 bits per heavy atom. The molecule has 0 radical (unpaired) electrons. The van der Waals surface area contributed by atoms with E-state index in [-0.39, 0.29) is 5.63 Å². The molecule has 1 aliphatic carbocycles. The summed E-state index contributed by atoms with van der Waals surface area (Å²) in [5.41, 5.74) is 2.50. The van der Waals surface area contributed by atoms with Crippen LogP contribution in [0.1, 0.15) is 42.6 Å². The minimum atomic E-state index is -0.303. The van der Waals surface area contributed by atoms with Gasteiger partial charge in [-0.3, -0.25) is 0 Å². The van der Waals surface area contributed by atoms with Crippen molar-refractivity contribution < 1.29 is 4.42 Å². The summed E-state index contributed by atoms with van der Waals surface area (Å²) in [6.45, 7) is 2.09. The van der Waals surface area contributed by atoms with Crippen molar-refractivity contribution in [2.45, 2.75) is 43.0 Å². The van der Waals surface area contributed by atoms with Gasteiger partial charge < -0.3 is 8.98 Å². The standard InChI is InChI=1S/C18H19N3O2S/c1-3-11-4-7-14-13(9-16(22)23-15(14)8-11)10-24-18-20-19-17(21(18)2)12-5-6-12/h4,7-9,12H,3,5-6,10H2,1-2H3. The summed E-state index contributed by atoms with van der Waals surface area (Å²) in [6, 6.07) is 7.67. The van der Waals surface area contributed by atoms with Gasteiger partial charge in [0.2, 0.25) is 0 Å². The molecule has 1 aliphatic rings. The molecule has 0 spiro atoms. The van der Waals surface area contributed by atoms with E-state index in [0.717, 1.165) is 33.9 Å². The van der Waals surface area contributed by atoms with Crippen molar-refractivity contribution in [1.82, 2.24) is 14.8 Å². The lowest BCUT2D eigenvalue weighted by Gasteiger charge is -2.07. The molecule has 0 amide bonds. The third-order valence-electron chi connectivity index (χ3n) is 4.47. The van der Waals surface area contributed by atoms with E-state index in [2.05, 4.69) is 27.8 Å². The zero-order valence-electron chi connectivity index (χ0n) is 13.8. The van der Waals surface area contributed by atoms with Crippen LogP contribution in [0.25, 0.3) is 11.0 Å². The molecule has 2 aromatic heterocycles. The maximum absolute atomic E-state index is 11.9. The number of fused-ring (bicyclic) bond motifs is 1. The smallest absolute Gasteiger partial charge is 0.336 e. The summed E-state index contributed by atoms with van der Waals surface area (Å²) in [5, 5.41) is 10.5. The Balaban J connectivity index is 1.63. The van der Waals surface area contributed by atoms with E-state index in [4.69, 9.17) is 4.42 Å². The number of nitrogens with zero attached hydrogens (tertiary/aromatic N) is 3. The van der Waals surface area contributed by atoms with E-state index in [1.807, 2.05) is 19.2 Å². The van der Waals surface area contributed by atoms with E-state index in [9.17, 15) is 4.79 Å². The summed E-state index contributed by atoms with van der Waals surface area (Å²) < 4.78 is 7.44. The number of aryl methyl sites for hydroxylation is 1. The number of benzene rings is 1. The number of hydrogen-bond acceptors (Lipinski definition) is 5. The molecule has 0 aliphatic heterocycles. The number of hydrogen-bond donors (Lipinski definition) is 0. The van der Waals surface area contributed by atoms with Gasteiger partial charge in [-0.15, -0.1) is 10.2 Å². The largest absolute Gasteiger partial charge is 0.423 e. The Labute approximate surface area is 144 Å². The third-order valence-corrected chi connectivity index (χ3v) is 5.54. The summed E-state index contributed by atoms with van der Waals surface area (Å²) in [4.78, 5) is 11.9. The van der Waals surface area contributed by atoms with E-state index in [1.165, 1.54) is 12.8 Å². The fourth-order valence-corrected chi connectivity index (χ4v) is 3.81. The molecule has 0 unspecified atom stereocenters. The molecule has 0 atom stereocenters. The molecule has 0 bridgehead atoms. The Hall–Kier alpha value is -2.08. The quantitative estimate of drug-likeness (QED) is 0.523. The van der Waals surface area contributed by atoms with Gasteiger partial charge >= 0.3 is 5.63 Å². The molecule has 24 heavy (non-hydrogen) atoms. The molecule has 1 aromatic carbocycles. The van der Waals surface area contributed by atoms with Gasteiger partial charge in [0.25, 0.3) is 0 Å². The van der Waals surface area contributed by atoms with E-state index >= 15 is 0 Å². The maximum Gasteiger partial charge on any atom is 0.336 e. The summed E-state index contributed by atoms with van der Waals surface area (Å²) in [7, 11) is 2.01. The van der Waals surface area contributed by atoms with Gasteiger partial charge in [0.1, 0.15) is 11.4 Å². The first kappa shape index (κ1) is 15.4. The van der Waals surface area contributed by atoms with Crippen molar-refractivity contribution in [3.63, 3.8) is 0 Å². The van der Waals surface area contributed by atoms with Crippen LogP contribution in [0.15, 0.2) is 38.6 Å². The lowest BCUT2D eigenvalue weighted by atomic mass is 10.1. The fourth-order valence-electron chi connectivity index (χ4n) is 2.90. The predicted octanol–water partition coefficient (Wildman–Crippen LogP) is 3.65. The lowest BCUT2D eigenvalue weighted by molar-refractivity contribution is 0.559. The monoisotopic (exact) mass is 341 g/mol. The van der Waals surface area contributed by atoms with Crippen LogP contribution in [0.2, 0.25) is 0 Å². The van der Waals surface area contributed by atoms with Gasteiger partial charge in [0, 0.05) is 30.2 Å². The molecular weight excluding hydrogens is 322 g/mol. The van der Waals surface area contributed by atoms with Crippen molar-refractivity contribution in [3.05, 3.63) is 51.6 Å². The van der Waals surface area contributed by atoms with E-state index < -0.39 is 0 Å². The molecule has 4 rings (SSSR count). The van der Waals surface area contributed by atoms with Crippen LogP contribution in [0.5, 0.6) is 0 Å². The van der Waals surface area contributed by atoms with Crippen molar-refractivity contribution in [3.8, 4) is 0 Å². The van der Waals surface area contributed by atoms with E-state index in [1.54, 1.807) is 17.8 Å². The summed E-state index contributed by atoms with van der Waals surface area (Å²) in [6.07, 6.45) is 3.34. The van der Waals surface area contributed by atoms with Gasteiger partial charge in [-0.2, -0.15) is 0 Å². The Morgan fingerprint density at radius 3 is 2.88 bits per heavy atom. The molecule has 6 heteroatoms. The second-order valence-electron chi connectivity index (χ2n) is 6.24. The van der Waals surface area contributed by atoms with Gasteiger partial charge in [-0.05, 0) is 36.5 Å². The van der Waals surface area contributed by atoms with Crippen LogP contribution < -0.4 is 5.63 Å². The first-order chi connectivity index (χ1) is 11.7. The molecule has 0 saturated heterocycles. The van der Waals surface area contributed by atoms with Gasteiger partial charge in [0.15, 0.2) is 5.16 Å². The third kappa shape index (κ3) is 2.86. The minimum Gasteiger partial charge on any atom is -0.423 e. The molecule has 1 saturated carbocycles. The maximum atomic E-state index is 11.9. The molecule has 2 heterocycles. The second-order valence-corrected chi connectivity index (χ2v) is 7.18.